The van der Waals surface area contributed by atoms with Crippen molar-refractivity contribution in [2.45, 2.75) is 25.1 Å². The van der Waals surface area contributed by atoms with Gasteiger partial charge in [-0.05, 0) is 18.9 Å². The van der Waals surface area contributed by atoms with Crippen LogP contribution in [0.15, 0.2) is 49.1 Å². The number of nitrogens with one attached hydrogen (secondary N) is 1. The van der Waals surface area contributed by atoms with Crippen LogP contribution in [0.25, 0.3) is 5.69 Å². The van der Waals surface area contributed by atoms with Gasteiger partial charge in [-0.1, -0.05) is 12.2 Å². The second kappa shape index (κ2) is 9.15. The van der Waals surface area contributed by atoms with Gasteiger partial charge in [-0.3, -0.25) is 4.79 Å². The van der Waals surface area contributed by atoms with Crippen LogP contribution >= 0.6 is 0 Å². The van der Waals surface area contributed by atoms with Crippen molar-refractivity contribution in [3.8, 4) is 5.69 Å². The summed E-state index contributed by atoms with van der Waals surface area (Å²) in [7, 11) is 0. The summed E-state index contributed by atoms with van der Waals surface area (Å²) in [6.07, 6.45) is 0.596. The van der Waals surface area contributed by atoms with Crippen molar-refractivity contribution in [3.63, 3.8) is 0 Å². The minimum Gasteiger partial charge on any atom is -0.352 e. The normalized spacial score (nSPS) is 16.6. The highest BCUT2D eigenvalue weighted by Crippen LogP contribution is 2.29. The molecule has 1 atom stereocenters. The predicted molar refractivity (Wildman–Crippen MR) is 110 cm³/mol. The summed E-state index contributed by atoms with van der Waals surface area (Å²) in [5, 5.41) is 10.6. The van der Waals surface area contributed by atoms with Gasteiger partial charge in [-0.25, -0.2) is 18.7 Å². The first-order valence-electron chi connectivity index (χ1n) is 10.1. The molecule has 3 heterocycles. The van der Waals surface area contributed by atoms with E-state index in [0.717, 1.165) is 16.9 Å². The van der Waals surface area contributed by atoms with Gasteiger partial charge in [0.15, 0.2) is 11.6 Å². The molecular formula is C21H18F5N7O. The predicted octanol–water partition coefficient (Wildman–Crippen LogP) is 3.63. The molecule has 0 radical (unpaired) electrons. The van der Waals surface area contributed by atoms with E-state index in [2.05, 4.69) is 32.1 Å². The number of carbonyl (C=O) groups is 1. The van der Waals surface area contributed by atoms with E-state index in [1.54, 1.807) is 0 Å². The Morgan fingerprint density at radius 3 is 2.41 bits per heavy atom. The van der Waals surface area contributed by atoms with Crippen LogP contribution in [0.5, 0.6) is 0 Å². The Morgan fingerprint density at radius 2 is 1.76 bits per heavy atom. The summed E-state index contributed by atoms with van der Waals surface area (Å²) >= 11 is 0. The van der Waals surface area contributed by atoms with Crippen molar-refractivity contribution in [2.75, 3.05) is 18.4 Å². The first-order valence-corrected chi connectivity index (χ1v) is 10.1. The number of anilines is 1. The minimum atomic E-state index is -4.56. The van der Waals surface area contributed by atoms with E-state index in [1.807, 2.05) is 0 Å². The molecule has 178 valence electrons. The Balaban J connectivity index is 1.59. The van der Waals surface area contributed by atoms with E-state index >= 15 is 0 Å². The average Bonchev–Trinajstić information content (AvgIpc) is 3.34. The van der Waals surface area contributed by atoms with Crippen LogP contribution in [0, 0.1) is 11.6 Å². The van der Waals surface area contributed by atoms with Crippen molar-refractivity contribution < 1.29 is 26.7 Å². The van der Waals surface area contributed by atoms with Gasteiger partial charge in [0.1, 0.15) is 5.69 Å². The van der Waals surface area contributed by atoms with E-state index in [9.17, 15) is 26.7 Å². The molecule has 1 amide bonds. The molecular weight excluding hydrogens is 461 g/mol. The van der Waals surface area contributed by atoms with Crippen LogP contribution in [-0.4, -0.2) is 54.9 Å². The third kappa shape index (κ3) is 4.72. The maximum atomic E-state index is 14.1. The third-order valence-corrected chi connectivity index (χ3v) is 5.34. The fourth-order valence-electron chi connectivity index (χ4n) is 3.64. The molecule has 1 aliphatic heterocycles. The second-order valence-electron chi connectivity index (χ2n) is 7.55. The molecule has 2 aromatic heterocycles. The molecule has 0 unspecified atom stereocenters. The Bertz CT molecular complexity index is 1200. The molecule has 8 nitrogen and oxygen atoms in total. The van der Waals surface area contributed by atoms with Gasteiger partial charge in [0.25, 0.3) is 5.91 Å². The number of hydrogen-bond donors (Lipinski definition) is 1. The number of benzene rings is 1. The monoisotopic (exact) mass is 479 g/mol. The Hall–Kier alpha value is -3.90. The van der Waals surface area contributed by atoms with Crippen molar-refractivity contribution in [2.24, 2.45) is 0 Å². The molecule has 0 spiro atoms. The largest absolute Gasteiger partial charge is 0.419 e. The molecule has 34 heavy (non-hydrogen) atoms. The van der Waals surface area contributed by atoms with Gasteiger partial charge in [-0.2, -0.15) is 28.2 Å². The van der Waals surface area contributed by atoms with Crippen molar-refractivity contribution in [1.82, 2.24) is 29.9 Å². The second-order valence-corrected chi connectivity index (χ2v) is 7.55. The van der Waals surface area contributed by atoms with Crippen molar-refractivity contribution in [3.05, 3.63) is 71.8 Å². The van der Waals surface area contributed by atoms with Gasteiger partial charge in [0.05, 0.1) is 29.6 Å². The smallest absolute Gasteiger partial charge is 0.352 e. The van der Waals surface area contributed by atoms with E-state index < -0.39 is 35.3 Å². The summed E-state index contributed by atoms with van der Waals surface area (Å²) < 4.78 is 66.2. The molecule has 1 fully saturated rings. The summed E-state index contributed by atoms with van der Waals surface area (Å²) in [5.74, 6) is -3.03. The SMILES string of the molecule is C=C1CCCN(C(=O)c2cc(F)c(F)cc2-n2nccn2)[C@@H]1CNc1ncc(C(F)(F)F)cn1. The molecule has 0 aliphatic carbocycles. The summed E-state index contributed by atoms with van der Waals surface area (Å²) in [6, 6.07) is 1.03. The van der Waals surface area contributed by atoms with Crippen LogP contribution in [-0.2, 0) is 6.18 Å². The number of aromatic nitrogens is 5. The summed E-state index contributed by atoms with van der Waals surface area (Å²) in [6.45, 7) is 4.34. The zero-order valence-electron chi connectivity index (χ0n) is 17.6. The first kappa shape index (κ1) is 23.3. The number of hydrogen-bond acceptors (Lipinski definition) is 6. The summed E-state index contributed by atoms with van der Waals surface area (Å²) in [5.41, 5.74) is -0.501. The fourth-order valence-corrected chi connectivity index (χ4v) is 3.64. The van der Waals surface area contributed by atoms with Crippen LogP contribution in [0.2, 0.25) is 0 Å². The number of likely N-dealkylation sites (tertiary alicyclic amines) is 1. The van der Waals surface area contributed by atoms with E-state index in [-0.39, 0.29) is 23.7 Å². The fraction of sp³-hybridized carbons (Fsp3) is 0.286. The van der Waals surface area contributed by atoms with Gasteiger partial charge in [-0.15, -0.1) is 0 Å². The lowest BCUT2D eigenvalue weighted by atomic mass is 9.95. The molecule has 13 heteroatoms. The summed E-state index contributed by atoms with van der Waals surface area (Å²) in [4.78, 5) is 23.2. The van der Waals surface area contributed by atoms with Gasteiger partial charge < -0.3 is 10.2 Å². The standard InChI is InChI=1S/C21H18F5N7O/c1-12-3-2-6-32(18(12)11-29-20-27-9-13(10-28-20)21(24,25)26)19(34)14-7-15(22)16(23)8-17(14)33-30-4-5-31-33/h4-5,7-10,18H,1-3,6,11H2,(H,27,28,29)/t18-/m1/s1. The number of nitrogens with zero attached hydrogens (tertiary/aromatic N) is 6. The third-order valence-electron chi connectivity index (χ3n) is 5.34. The molecule has 1 aromatic carbocycles. The Kier molecular flexibility index (Phi) is 6.26. The number of halogens is 5. The van der Waals surface area contributed by atoms with E-state index in [0.29, 0.717) is 37.4 Å². The zero-order chi connectivity index (χ0) is 24.5. The van der Waals surface area contributed by atoms with E-state index in [4.69, 9.17) is 0 Å². The number of alkyl halides is 3. The number of amides is 1. The lowest BCUT2D eigenvalue weighted by molar-refractivity contribution is -0.138. The van der Waals surface area contributed by atoms with E-state index in [1.165, 1.54) is 17.3 Å². The topological polar surface area (TPSA) is 88.8 Å². The highest BCUT2D eigenvalue weighted by Gasteiger charge is 2.33. The highest BCUT2D eigenvalue weighted by atomic mass is 19.4. The van der Waals surface area contributed by atoms with Crippen LogP contribution < -0.4 is 5.32 Å². The van der Waals surface area contributed by atoms with Gasteiger partial charge in [0, 0.05) is 31.5 Å². The van der Waals surface area contributed by atoms with Crippen molar-refractivity contribution in [1.29, 1.82) is 0 Å². The average molecular weight is 479 g/mol. The molecule has 1 aliphatic rings. The van der Waals surface area contributed by atoms with Gasteiger partial charge in [0.2, 0.25) is 5.95 Å². The molecule has 3 aromatic rings. The maximum Gasteiger partial charge on any atom is 0.419 e. The lowest BCUT2D eigenvalue weighted by Crippen LogP contribution is -2.48. The maximum absolute atomic E-state index is 14.1. The quantitative estimate of drug-likeness (QED) is 0.444. The number of carbonyl (C=O) groups excluding carboxylic acids is 1. The molecule has 4 rings (SSSR count). The Labute approximate surface area is 190 Å². The number of rotatable bonds is 5. The molecule has 1 saturated heterocycles. The first-order chi connectivity index (χ1) is 16.1. The van der Waals surface area contributed by atoms with Crippen LogP contribution in [0.1, 0.15) is 28.8 Å². The minimum absolute atomic E-state index is 0.0390. The molecule has 0 saturated carbocycles. The Morgan fingerprint density at radius 1 is 1.12 bits per heavy atom. The highest BCUT2D eigenvalue weighted by molar-refractivity contribution is 5.98. The number of piperidine rings is 1. The van der Waals surface area contributed by atoms with Crippen molar-refractivity contribution >= 4 is 11.9 Å². The van der Waals surface area contributed by atoms with Crippen LogP contribution in [0.4, 0.5) is 27.9 Å². The zero-order valence-corrected chi connectivity index (χ0v) is 17.6. The van der Waals surface area contributed by atoms with Gasteiger partial charge >= 0.3 is 6.18 Å². The lowest BCUT2D eigenvalue weighted by Gasteiger charge is -2.37. The van der Waals surface area contributed by atoms with Crippen LogP contribution in [0.3, 0.4) is 0 Å². The molecule has 0 bridgehead atoms. The molecule has 1 N–H and O–H groups in total.